The molecule has 0 bridgehead atoms. The summed E-state index contributed by atoms with van der Waals surface area (Å²) in [5, 5.41) is 8.64. The van der Waals surface area contributed by atoms with Crippen molar-refractivity contribution in [3.8, 4) is 5.69 Å². The Balaban J connectivity index is 1.91. The molecule has 0 spiro atoms. The molecule has 0 saturated carbocycles. The lowest BCUT2D eigenvalue weighted by atomic mass is 10.1. The third-order valence-electron chi connectivity index (χ3n) is 3.25. The molecule has 2 aromatic heterocycles. The molecule has 5 heteroatoms. The van der Waals surface area contributed by atoms with Crippen LogP contribution in [0.25, 0.3) is 5.69 Å². The van der Waals surface area contributed by atoms with Crippen molar-refractivity contribution in [2.75, 3.05) is 0 Å². The fraction of sp³-hybridized carbons (Fsp3) is 0.133. The predicted molar refractivity (Wildman–Crippen MR) is 81.7 cm³/mol. The van der Waals surface area contributed by atoms with Gasteiger partial charge in [-0.2, -0.15) is 16.4 Å². The summed E-state index contributed by atoms with van der Waals surface area (Å²) in [5.41, 5.74) is 6.27. The van der Waals surface area contributed by atoms with Gasteiger partial charge < -0.3 is 0 Å². The van der Waals surface area contributed by atoms with Gasteiger partial charge in [0.2, 0.25) is 0 Å². The van der Waals surface area contributed by atoms with Crippen molar-refractivity contribution < 1.29 is 0 Å². The maximum atomic E-state index is 5.74. The second-order valence-electron chi connectivity index (χ2n) is 4.56. The first-order valence-corrected chi connectivity index (χ1v) is 7.39. The Morgan fingerprint density at radius 1 is 1.20 bits per heavy atom. The molecule has 0 aliphatic rings. The number of nitrogens with zero attached hydrogens (tertiary/aromatic N) is 2. The minimum Gasteiger partial charge on any atom is -0.271 e. The summed E-state index contributed by atoms with van der Waals surface area (Å²) in [6.45, 7) is 0. The Labute approximate surface area is 121 Å². The number of nitrogens with one attached hydrogen (secondary N) is 1. The van der Waals surface area contributed by atoms with Crippen LogP contribution in [-0.2, 0) is 6.42 Å². The highest BCUT2D eigenvalue weighted by Crippen LogP contribution is 2.21. The lowest BCUT2D eigenvalue weighted by Gasteiger charge is -2.17. The Morgan fingerprint density at radius 2 is 2.05 bits per heavy atom. The van der Waals surface area contributed by atoms with Crippen LogP contribution in [0.2, 0.25) is 0 Å². The van der Waals surface area contributed by atoms with Crippen molar-refractivity contribution in [1.82, 2.24) is 15.2 Å². The number of nitrogens with two attached hydrogens (primary N) is 1. The number of hydrazine groups is 1. The van der Waals surface area contributed by atoms with Crippen molar-refractivity contribution in [1.29, 1.82) is 0 Å². The SMILES string of the molecule is NNC(Cc1ccsc1)c1ccnn1-c1ccccc1. The lowest BCUT2D eigenvalue weighted by Crippen LogP contribution is -2.31. The van der Waals surface area contributed by atoms with Crippen LogP contribution in [0.4, 0.5) is 0 Å². The smallest absolute Gasteiger partial charge is 0.0674 e. The van der Waals surface area contributed by atoms with E-state index >= 15 is 0 Å². The number of para-hydroxylation sites is 1. The number of thiophene rings is 1. The molecule has 3 aromatic rings. The molecule has 4 nitrogen and oxygen atoms in total. The molecule has 20 heavy (non-hydrogen) atoms. The van der Waals surface area contributed by atoms with Gasteiger partial charge in [-0.05, 0) is 47.0 Å². The highest BCUT2D eigenvalue weighted by Gasteiger charge is 2.16. The standard InChI is InChI=1S/C15H16N4S/c16-18-14(10-12-7-9-20-11-12)15-6-8-17-19(15)13-4-2-1-3-5-13/h1-9,11,14,18H,10,16H2. The van der Waals surface area contributed by atoms with Gasteiger partial charge in [0.25, 0.3) is 0 Å². The minimum atomic E-state index is 0.0345. The predicted octanol–water partition coefficient (Wildman–Crippen LogP) is 2.68. The van der Waals surface area contributed by atoms with Gasteiger partial charge in [0, 0.05) is 6.20 Å². The van der Waals surface area contributed by atoms with E-state index in [2.05, 4.69) is 27.4 Å². The zero-order valence-electron chi connectivity index (χ0n) is 10.9. The topological polar surface area (TPSA) is 55.9 Å². The summed E-state index contributed by atoms with van der Waals surface area (Å²) in [5.74, 6) is 5.74. The normalized spacial score (nSPS) is 12.4. The maximum absolute atomic E-state index is 5.74. The van der Waals surface area contributed by atoms with E-state index in [9.17, 15) is 0 Å². The van der Waals surface area contributed by atoms with E-state index < -0.39 is 0 Å². The molecule has 0 aliphatic carbocycles. The fourth-order valence-corrected chi connectivity index (χ4v) is 2.94. The number of rotatable bonds is 5. The quantitative estimate of drug-likeness (QED) is 0.559. The molecule has 0 radical (unpaired) electrons. The Kier molecular flexibility index (Phi) is 3.92. The average molecular weight is 284 g/mol. The van der Waals surface area contributed by atoms with Crippen LogP contribution in [0.5, 0.6) is 0 Å². The van der Waals surface area contributed by atoms with E-state index in [0.717, 1.165) is 17.8 Å². The number of hydrogen-bond donors (Lipinski definition) is 2. The van der Waals surface area contributed by atoms with Crippen molar-refractivity contribution in [3.63, 3.8) is 0 Å². The monoisotopic (exact) mass is 284 g/mol. The van der Waals surface area contributed by atoms with Gasteiger partial charge in [-0.3, -0.25) is 11.3 Å². The molecule has 3 rings (SSSR count). The molecule has 0 amide bonds. The molecule has 2 heterocycles. The summed E-state index contributed by atoms with van der Waals surface area (Å²) in [6, 6.07) is 14.2. The second kappa shape index (κ2) is 6.00. The molecular formula is C15H16N4S. The highest BCUT2D eigenvalue weighted by molar-refractivity contribution is 7.07. The van der Waals surface area contributed by atoms with Gasteiger partial charge in [0.1, 0.15) is 0 Å². The highest BCUT2D eigenvalue weighted by atomic mass is 32.1. The first-order valence-electron chi connectivity index (χ1n) is 6.45. The van der Waals surface area contributed by atoms with Crippen LogP contribution in [0.15, 0.2) is 59.4 Å². The molecule has 0 aliphatic heterocycles. The maximum Gasteiger partial charge on any atom is 0.0674 e. The molecule has 1 atom stereocenters. The summed E-state index contributed by atoms with van der Waals surface area (Å²) in [4.78, 5) is 0. The van der Waals surface area contributed by atoms with Gasteiger partial charge in [-0.15, -0.1) is 0 Å². The van der Waals surface area contributed by atoms with E-state index in [-0.39, 0.29) is 6.04 Å². The van der Waals surface area contributed by atoms with Crippen LogP contribution in [-0.4, -0.2) is 9.78 Å². The molecule has 3 N–H and O–H groups in total. The minimum absolute atomic E-state index is 0.0345. The van der Waals surface area contributed by atoms with Gasteiger partial charge in [0.05, 0.1) is 17.4 Å². The van der Waals surface area contributed by atoms with E-state index in [1.54, 1.807) is 17.5 Å². The van der Waals surface area contributed by atoms with E-state index in [0.29, 0.717) is 0 Å². The Hall–Kier alpha value is -1.95. The van der Waals surface area contributed by atoms with Gasteiger partial charge >= 0.3 is 0 Å². The largest absolute Gasteiger partial charge is 0.271 e. The van der Waals surface area contributed by atoms with E-state index in [1.165, 1.54) is 5.56 Å². The molecule has 0 saturated heterocycles. The molecule has 1 unspecified atom stereocenters. The number of aromatic nitrogens is 2. The average Bonchev–Trinajstić information content (AvgIpc) is 3.17. The fourth-order valence-electron chi connectivity index (χ4n) is 2.26. The van der Waals surface area contributed by atoms with Crippen LogP contribution in [0.3, 0.4) is 0 Å². The van der Waals surface area contributed by atoms with Gasteiger partial charge in [0.15, 0.2) is 0 Å². The lowest BCUT2D eigenvalue weighted by molar-refractivity contribution is 0.523. The zero-order valence-corrected chi connectivity index (χ0v) is 11.8. The Bertz CT molecular complexity index is 646. The molecule has 1 aromatic carbocycles. The summed E-state index contributed by atoms with van der Waals surface area (Å²) in [6.07, 6.45) is 2.65. The summed E-state index contributed by atoms with van der Waals surface area (Å²) < 4.78 is 1.93. The summed E-state index contributed by atoms with van der Waals surface area (Å²) >= 11 is 1.70. The molecule has 0 fully saturated rings. The Morgan fingerprint density at radius 3 is 2.75 bits per heavy atom. The van der Waals surface area contributed by atoms with Crippen molar-refractivity contribution in [3.05, 3.63) is 70.7 Å². The van der Waals surface area contributed by atoms with Crippen molar-refractivity contribution >= 4 is 11.3 Å². The zero-order chi connectivity index (χ0) is 13.8. The van der Waals surface area contributed by atoms with Crippen molar-refractivity contribution in [2.45, 2.75) is 12.5 Å². The molecule has 102 valence electrons. The van der Waals surface area contributed by atoms with Crippen LogP contribution in [0, 0.1) is 0 Å². The van der Waals surface area contributed by atoms with E-state index in [1.807, 2.05) is 41.1 Å². The van der Waals surface area contributed by atoms with Gasteiger partial charge in [-0.1, -0.05) is 18.2 Å². The number of benzene rings is 1. The third kappa shape index (κ3) is 2.65. The molecular weight excluding hydrogens is 268 g/mol. The van der Waals surface area contributed by atoms with Gasteiger partial charge in [-0.25, -0.2) is 4.68 Å². The second-order valence-corrected chi connectivity index (χ2v) is 5.34. The van der Waals surface area contributed by atoms with Crippen LogP contribution in [0.1, 0.15) is 17.3 Å². The van der Waals surface area contributed by atoms with Crippen LogP contribution >= 0.6 is 11.3 Å². The van der Waals surface area contributed by atoms with E-state index in [4.69, 9.17) is 5.84 Å². The van der Waals surface area contributed by atoms with Crippen molar-refractivity contribution in [2.24, 2.45) is 5.84 Å². The first-order chi connectivity index (χ1) is 9.88. The third-order valence-corrected chi connectivity index (χ3v) is 3.98. The first kappa shape index (κ1) is 13.1. The summed E-state index contributed by atoms with van der Waals surface area (Å²) in [7, 11) is 0. The number of hydrogen-bond acceptors (Lipinski definition) is 4. The van der Waals surface area contributed by atoms with Crippen LogP contribution < -0.4 is 11.3 Å².